The predicted octanol–water partition coefficient (Wildman–Crippen LogP) is 2.78. The van der Waals surface area contributed by atoms with Crippen molar-refractivity contribution in [2.75, 3.05) is 0 Å². The molecule has 0 amide bonds. The van der Waals surface area contributed by atoms with Crippen LogP contribution in [0.2, 0.25) is 3.93 Å². The van der Waals surface area contributed by atoms with Crippen molar-refractivity contribution in [1.29, 1.82) is 0 Å². The summed E-state index contributed by atoms with van der Waals surface area (Å²) in [7, 11) is 0. The molecule has 0 heterocycles. The van der Waals surface area contributed by atoms with E-state index < -0.39 is 0 Å². The summed E-state index contributed by atoms with van der Waals surface area (Å²) >= 11 is 1.77. The summed E-state index contributed by atoms with van der Waals surface area (Å²) in [5.74, 6) is 0. The molecule has 0 atom stereocenters. The van der Waals surface area contributed by atoms with Gasteiger partial charge in [-0.25, -0.2) is 0 Å². The van der Waals surface area contributed by atoms with Crippen molar-refractivity contribution in [3.8, 4) is 0 Å². The molecular formula is C5H12Cl3Sn. The van der Waals surface area contributed by atoms with Gasteiger partial charge in [-0.15, -0.1) is 37.2 Å². The molecular weight excluding hydrogens is 285 g/mol. The van der Waals surface area contributed by atoms with Crippen molar-refractivity contribution in [2.45, 2.75) is 29.6 Å². The molecule has 0 aliphatic heterocycles. The molecule has 0 unspecified atom stereocenters. The molecule has 0 saturated heterocycles. The van der Waals surface area contributed by atoms with Crippen molar-refractivity contribution < 1.29 is 0 Å². The van der Waals surface area contributed by atoms with E-state index in [2.05, 4.69) is 0 Å². The summed E-state index contributed by atoms with van der Waals surface area (Å²) < 4.78 is 1.14. The van der Waals surface area contributed by atoms with E-state index in [4.69, 9.17) is 0 Å². The van der Waals surface area contributed by atoms with E-state index in [0.717, 1.165) is 3.93 Å². The standard InChI is InChI=1S/C5H9.3ClH.Sn/c1-2-4-5-3-1;;;;/h1H,2-5H2;3*1H;. The van der Waals surface area contributed by atoms with Gasteiger partial charge in [0.15, 0.2) is 0 Å². The summed E-state index contributed by atoms with van der Waals surface area (Å²) in [4.78, 5) is 0. The Labute approximate surface area is 88.9 Å². The van der Waals surface area contributed by atoms with Crippen LogP contribution in [-0.4, -0.2) is 22.5 Å². The molecule has 0 spiro atoms. The molecule has 3 radical (unpaired) electrons. The first-order valence-electron chi connectivity index (χ1n) is 2.61. The van der Waals surface area contributed by atoms with E-state index in [1.54, 1.807) is 22.5 Å². The van der Waals surface area contributed by atoms with E-state index in [1.165, 1.54) is 25.7 Å². The van der Waals surface area contributed by atoms with Crippen LogP contribution in [0.4, 0.5) is 0 Å². The van der Waals surface area contributed by atoms with Crippen LogP contribution in [0.25, 0.3) is 0 Å². The van der Waals surface area contributed by atoms with Crippen molar-refractivity contribution in [1.82, 2.24) is 0 Å². The van der Waals surface area contributed by atoms with Gasteiger partial charge in [-0.1, -0.05) is 0 Å². The molecule has 0 aromatic rings. The number of rotatable bonds is 0. The minimum absolute atomic E-state index is 0. The molecule has 1 rings (SSSR count). The quantitative estimate of drug-likeness (QED) is 0.603. The van der Waals surface area contributed by atoms with Crippen molar-refractivity contribution >= 4 is 59.7 Å². The fraction of sp³-hybridized carbons (Fsp3) is 1.00. The monoisotopic (exact) mass is 297 g/mol. The minimum atomic E-state index is 0. The molecule has 1 saturated carbocycles. The average molecular weight is 297 g/mol. The molecule has 1 fully saturated rings. The van der Waals surface area contributed by atoms with Crippen molar-refractivity contribution in [2.24, 2.45) is 0 Å². The zero-order valence-electron chi connectivity index (χ0n) is 5.13. The van der Waals surface area contributed by atoms with E-state index in [0.29, 0.717) is 0 Å². The molecule has 1 aliphatic carbocycles. The number of hydrogen-bond donors (Lipinski definition) is 0. The summed E-state index contributed by atoms with van der Waals surface area (Å²) in [5.41, 5.74) is 0. The third kappa shape index (κ3) is 7.57. The average Bonchev–Trinajstić information content (AvgIpc) is 1.86. The molecule has 0 N–H and O–H groups in total. The molecule has 1 aliphatic rings. The van der Waals surface area contributed by atoms with E-state index >= 15 is 0 Å². The Morgan fingerprint density at radius 2 is 1.22 bits per heavy atom. The first-order chi connectivity index (χ1) is 2.89. The Hall–Kier alpha value is 1.67. The van der Waals surface area contributed by atoms with Crippen LogP contribution in [0.1, 0.15) is 25.7 Å². The summed E-state index contributed by atoms with van der Waals surface area (Å²) in [6.07, 6.45) is 6.07. The Kier molecular flexibility index (Phi) is 18.2. The van der Waals surface area contributed by atoms with Crippen LogP contribution in [0.5, 0.6) is 0 Å². The van der Waals surface area contributed by atoms with Gasteiger partial charge in [-0.05, 0) is 0 Å². The van der Waals surface area contributed by atoms with Crippen LogP contribution in [0, 0.1) is 0 Å². The zero-order chi connectivity index (χ0) is 4.41. The summed E-state index contributed by atoms with van der Waals surface area (Å²) in [6, 6.07) is 0. The summed E-state index contributed by atoms with van der Waals surface area (Å²) in [5, 5.41) is 0. The van der Waals surface area contributed by atoms with Crippen LogP contribution in [0.15, 0.2) is 0 Å². The third-order valence-electron chi connectivity index (χ3n) is 1.36. The number of halogens is 3. The molecule has 4 heteroatoms. The van der Waals surface area contributed by atoms with E-state index in [-0.39, 0.29) is 37.2 Å². The number of hydrogen-bond acceptors (Lipinski definition) is 0. The molecule has 57 valence electrons. The second-order valence-corrected chi connectivity index (χ2v) is 4.31. The second kappa shape index (κ2) is 9.67. The van der Waals surface area contributed by atoms with Gasteiger partial charge in [-0.2, -0.15) is 0 Å². The Balaban J connectivity index is -0.000000120. The second-order valence-electron chi connectivity index (χ2n) is 1.98. The topological polar surface area (TPSA) is 0 Å². The maximum atomic E-state index is 1.77. The van der Waals surface area contributed by atoms with E-state index in [9.17, 15) is 0 Å². The normalized spacial score (nSPS) is 17.0. The first kappa shape index (κ1) is 17.0. The van der Waals surface area contributed by atoms with Gasteiger partial charge >= 0.3 is 52.1 Å². The van der Waals surface area contributed by atoms with Gasteiger partial charge < -0.3 is 0 Å². The zero-order valence-corrected chi connectivity index (χ0v) is 10.4. The van der Waals surface area contributed by atoms with Gasteiger partial charge in [0.05, 0.1) is 0 Å². The fourth-order valence-corrected chi connectivity index (χ4v) is 2.09. The van der Waals surface area contributed by atoms with Gasteiger partial charge in [0, 0.05) is 0 Å². The van der Waals surface area contributed by atoms with Crippen molar-refractivity contribution in [3.63, 3.8) is 0 Å². The fourth-order valence-electron chi connectivity index (χ4n) is 0.926. The SMILES string of the molecule is Cl.Cl.Cl.[Sn][CH]1CCCC1. The molecule has 0 bridgehead atoms. The Morgan fingerprint density at radius 3 is 1.33 bits per heavy atom. The van der Waals surface area contributed by atoms with Crippen LogP contribution < -0.4 is 0 Å². The van der Waals surface area contributed by atoms with Gasteiger partial charge in [0.2, 0.25) is 0 Å². The third-order valence-corrected chi connectivity index (χ3v) is 3.00. The van der Waals surface area contributed by atoms with Crippen molar-refractivity contribution in [3.05, 3.63) is 0 Å². The molecule has 0 aromatic carbocycles. The van der Waals surface area contributed by atoms with Crippen LogP contribution in [0.3, 0.4) is 0 Å². The Bertz CT molecular complexity index is 45.5. The molecule has 0 aromatic heterocycles. The van der Waals surface area contributed by atoms with Gasteiger partial charge in [-0.3, -0.25) is 0 Å². The molecule has 9 heavy (non-hydrogen) atoms. The van der Waals surface area contributed by atoms with E-state index in [1.807, 2.05) is 0 Å². The molecule has 0 nitrogen and oxygen atoms in total. The van der Waals surface area contributed by atoms with Gasteiger partial charge in [0.1, 0.15) is 0 Å². The van der Waals surface area contributed by atoms with Crippen LogP contribution in [-0.2, 0) is 0 Å². The first-order valence-corrected chi connectivity index (χ1v) is 4.25. The maximum absolute atomic E-state index is 1.77. The van der Waals surface area contributed by atoms with Crippen LogP contribution >= 0.6 is 37.2 Å². The summed E-state index contributed by atoms with van der Waals surface area (Å²) in [6.45, 7) is 0. The Morgan fingerprint density at radius 1 is 0.889 bits per heavy atom. The van der Waals surface area contributed by atoms with Gasteiger partial charge in [0.25, 0.3) is 0 Å². The predicted molar refractivity (Wildman–Crippen MR) is 49.7 cm³/mol.